The van der Waals surface area contributed by atoms with Crippen LogP contribution in [-0.2, 0) is 9.53 Å². The minimum atomic E-state index is -0.284. The molecule has 0 saturated carbocycles. The summed E-state index contributed by atoms with van der Waals surface area (Å²) >= 11 is 0. The highest BCUT2D eigenvalue weighted by molar-refractivity contribution is 5.77. The van der Waals surface area contributed by atoms with Gasteiger partial charge in [0.15, 0.2) is 0 Å². The molecule has 0 fully saturated rings. The fourth-order valence-corrected chi connectivity index (χ4v) is 2.79. The predicted octanol–water partition coefficient (Wildman–Crippen LogP) is 5.96. The zero-order chi connectivity index (χ0) is 17.6. The highest BCUT2D eigenvalue weighted by Gasteiger charge is 2.16. The number of hydrogen-bond acceptors (Lipinski definition) is 3. The molecule has 24 heavy (non-hydrogen) atoms. The van der Waals surface area contributed by atoms with Crippen LogP contribution in [0.15, 0.2) is 24.3 Å². The van der Waals surface area contributed by atoms with Gasteiger partial charge in [-0.3, -0.25) is 4.79 Å². The first-order chi connectivity index (χ1) is 11.6. The third-order valence-corrected chi connectivity index (χ3v) is 4.49. The molecule has 1 N–H and O–H groups in total. The van der Waals surface area contributed by atoms with Gasteiger partial charge >= 0.3 is 5.97 Å². The van der Waals surface area contributed by atoms with Crippen molar-refractivity contribution in [1.29, 1.82) is 0 Å². The number of carbonyl (C=O) groups excluding carboxylic acids is 1. The van der Waals surface area contributed by atoms with Gasteiger partial charge < -0.3 is 9.84 Å². The monoisotopic (exact) mass is 334 g/mol. The third kappa shape index (κ3) is 8.95. The van der Waals surface area contributed by atoms with Gasteiger partial charge in [0, 0.05) is 0 Å². The fraction of sp³-hybridized carbons (Fsp3) is 0.667. The molecule has 0 heterocycles. The van der Waals surface area contributed by atoms with Crippen molar-refractivity contribution in [2.45, 2.75) is 84.0 Å². The summed E-state index contributed by atoms with van der Waals surface area (Å²) < 4.78 is 5.36. The summed E-state index contributed by atoms with van der Waals surface area (Å²) in [5.74, 6) is -0.255. The molecule has 3 nitrogen and oxygen atoms in total. The Bertz CT molecular complexity index is 439. The number of phenolic OH excluding ortho intramolecular Hbond substituents is 1. The number of rotatable bonds is 13. The summed E-state index contributed by atoms with van der Waals surface area (Å²) in [6.45, 7) is 4.60. The lowest BCUT2D eigenvalue weighted by Crippen LogP contribution is -2.13. The Morgan fingerprint density at radius 3 is 1.96 bits per heavy atom. The van der Waals surface area contributed by atoms with Crippen LogP contribution >= 0.6 is 0 Å². The molecule has 0 aliphatic carbocycles. The second kappa shape index (κ2) is 12.9. The number of esters is 1. The summed E-state index contributed by atoms with van der Waals surface area (Å²) in [7, 11) is 0. The summed E-state index contributed by atoms with van der Waals surface area (Å²) in [4.78, 5) is 12.0. The molecular weight excluding hydrogens is 300 g/mol. The lowest BCUT2D eigenvalue weighted by Gasteiger charge is -2.12. The van der Waals surface area contributed by atoms with Crippen LogP contribution in [0, 0.1) is 0 Å². The first kappa shape index (κ1) is 20.5. The van der Waals surface area contributed by atoms with E-state index in [9.17, 15) is 9.90 Å². The molecule has 0 aliphatic heterocycles. The van der Waals surface area contributed by atoms with Crippen LogP contribution in [0.25, 0.3) is 0 Å². The standard InChI is InChI=1S/C21H34O3/c1-3-4-5-6-7-8-9-10-11-12-17-24-21(23)18(2)19-13-15-20(22)16-14-19/h13-16,18,22H,3-12,17H2,1-2H3. The molecule has 1 rings (SSSR count). The molecule has 0 aliphatic rings. The Balaban J connectivity index is 2.00. The fourth-order valence-electron chi connectivity index (χ4n) is 2.79. The maximum atomic E-state index is 12.0. The topological polar surface area (TPSA) is 46.5 Å². The van der Waals surface area contributed by atoms with Gasteiger partial charge in [-0.05, 0) is 31.0 Å². The van der Waals surface area contributed by atoms with E-state index in [1.54, 1.807) is 24.3 Å². The molecule has 0 aromatic heterocycles. The number of aromatic hydroxyl groups is 1. The van der Waals surface area contributed by atoms with Gasteiger partial charge in [0.2, 0.25) is 0 Å². The van der Waals surface area contributed by atoms with Crippen LogP contribution in [0.2, 0.25) is 0 Å². The number of benzene rings is 1. The van der Waals surface area contributed by atoms with Gasteiger partial charge in [-0.15, -0.1) is 0 Å². The smallest absolute Gasteiger partial charge is 0.313 e. The van der Waals surface area contributed by atoms with E-state index in [-0.39, 0.29) is 17.6 Å². The van der Waals surface area contributed by atoms with E-state index in [4.69, 9.17) is 4.74 Å². The summed E-state index contributed by atoms with van der Waals surface area (Å²) in [5, 5.41) is 9.28. The Hall–Kier alpha value is -1.51. The second-order valence-corrected chi connectivity index (χ2v) is 6.66. The van der Waals surface area contributed by atoms with Crippen molar-refractivity contribution >= 4 is 5.97 Å². The van der Waals surface area contributed by atoms with Crippen molar-refractivity contribution in [2.75, 3.05) is 6.61 Å². The van der Waals surface area contributed by atoms with Crippen LogP contribution in [0.5, 0.6) is 5.75 Å². The summed E-state index contributed by atoms with van der Waals surface area (Å²) in [5.41, 5.74) is 0.876. The zero-order valence-electron chi connectivity index (χ0n) is 15.4. The number of carbonyl (C=O) groups is 1. The van der Waals surface area contributed by atoms with Gasteiger partial charge in [-0.2, -0.15) is 0 Å². The van der Waals surface area contributed by atoms with Gasteiger partial charge in [-0.1, -0.05) is 76.8 Å². The van der Waals surface area contributed by atoms with Crippen LogP contribution in [0.4, 0.5) is 0 Å². The van der Waals surface area contributed by atoms with Crippen LogP contribution in [-0.4, -0.2) is 17.7 Å². The average molecular weight is 334 g/mol. The lowest BCUT2D eigenvalue weighted by atomic mass is 10.0. The van der Waals surface area contributed by atoms with Crippen molar-refractivity contribution in [3.63, 3.8) is 0 Å². The zero-order valence-corrected chi connectivity index (χ0v) is 15.4. The van der Waals surface area contributed by atoms with Crippen LogP contribution < -0.4 is 0 Å². The summed E-state index contributed by atoms with van der Waals surface area (Å²) in [6.07, 6.45) is 12.7. The van der Waals surface area contributed by atoms with E-state index >= 15 is 0 Å². The molecular formula is C21H34O3. The highest BCUT2D eigenvalue weighted by Crippen LogP contribution is 2.20. The maximum Gasteiger partial charge on any atom is 0.313 e. The largest absolute Gasteiger partial charge is 0.508 e. The Kier molecular flexibility index (Phi) is 11.0. The normalized spacial score (nSPS) is 12.1. The van der Waals surface area contributed by atoms with Gasteiger partial charge in [0.25, 0.3) is 0 Å². The van der Waals surface area contributed by atoms with Crippen LogP contribution in [0.3, 0.4) is 0 Å². The van der Waals surface area contributed by atoms with E-state index in [0.717, 1.165) is 18.4 Å². The second-order valence-electron chi connectivity index (χ2n) is 6.66. The molecule has 0 amide bonds. The molecule has 1 unspecified atom stereocenters. The molecule has 3 heteroatoms. The third-order valence-electron chi connectivity index (χ3n) is 4.49. The lowest BCUT2D eigenvalue weighted by molar-refractivity contribution is -0.145. The Morgan fingerprint density at radius 2 is 1.42 bits per heavy atom. The number of hydrogen-bond donors (Lipinski definition) is 1. The number of ether oxygens (including phenoxy) is 1. The molecule has 0 radical (unpaired) electrons. The minimum Gasteiger partial charge on any atom is -0.508 e. The predicted molar refractivity (Wildman–Crippen MR) is 99.3 cm³/mol. The average Bonchev–Trinajstić information content (AvgIpc) is 2.59. The number of unbranched alkanes of at least 4 members (excludes halogenated alkanes) is 9. The molecule has 1 aromatic rings. The quantitative estimate of drug-likeness (QED) is 0.357. The van der Waals surface area contributed by atoms with Gasteiger partial charge in [-0.25, -0.2) is 0 Å². The molecule has 0 bridgehead atoms. The maximum absolute atomic E-state index is 12.0. The van der Waals surface area contributed by atoms with Crippen molar-refractivity contribution in [3.8, 4) is 5.75 Å². The van der Waals surface area contributed by atoms with E-state index in [1.165, 1.54) is 51.4 Å². The Labute approximate surface area is 147 Å². The van der Waals surface area contributed by atoms with Crippen molar-refractivity contribution in [2.24, 2.45) is 0 Å². The number of phenols is 1. The van der Waals surface area contributed by atoms with Gasteiger partial charge in [0.05, 0.1) is 12.5 Å². The molecule has 1 atom stereocenters. The van der Waals surface area contributed by atoms with Gasteiger partial charge in [0.1, 0.15) is 5.75 Å². The first-order valence-electron chi connectivity index (χ1n) is 9.60. The van der Waals surface area contributed by atoms with E-state index in [1.807, 2.05) is 6.92 Å². The molecule has 0 spiro atoms. The molecule has 1 aromatic carbocycles. The summed E-state index contributed by atoms with van der Waals surface area (Å²) in [6, 6.07) is 6.73. The van der Waals surface area contributed by atoms with Crippen molar-refractivity contribution in [3.05, 3.63) is 29.8 Å². The molecule has 0 saturated heterocycles. The van der Waals surface area contributed by atoms with E-state index < -0.39 is 0 Å². The Morgan fingerprint density at radius 1 is 0.917 bits per heavy atom. The van der Waals surface area contributed by atoms with E-state index in [0.29, 0.717) is 6.61 Å². The van der Waals surface area contributed by atoms with Crippen LogP contribution in [0.1, 0.15) is 89.5 Å². The van der Waals surface area contributed by atoms with Crippen molar-refractivity contribution in [1.82, 2.24) is 0 Å². The molecule has 136 valence electrons. The van der Waals surface area contributed by atoms with Crippen molar-refractivity contribution < 1.29 is 14.6 Å². The minimum absolute atomic E-state index is 0.184. The SMILES string of the molecule is CCCCCCCCCCCCOC(=O)C(C)c1ccc(O)cc1. The first-order valence-corrected chi connectivity index (χ1v) is 9.60. The highest BCUT2D eigenvalue weighted by atomic mass is 16.5. The van der Waals surface area contributed by atoms with E-state index in [2.05, 4.69) is 6.92 Å².